The van der Waals surface area contributed by atoms with Gasteiger partial charge in [-0.05, 0) is 25.1 Å². The molecule has 0 saturated carbocycles. The monoisotopic (exact) mass is 353 g/mol. The van der Waals surface area contributed by atoms with Gasteiger partial charge < -0.3 is 18.9 Å². The van der Waals surface area contributed by atoms with Gasteiger partial charge in [-0.1, -0.05) is 0 Å². The maximum absolute atomic E-state index is 13.0. The smallest absolute Gasteiger partial charge is 0.312 e. The van der Waals surface area contributed by atoms with Gasteiger partial charge in [0.2, 0.25) is 0 Å². The van der Waals surface area contributed by atoms with Crippen LogP contribution in [-0.4, -0.2) is 18.1 Å². The molecule has 26 heavy (non-hydrogen) atoms. The highest BCUT2D eigenvalue weighted by atomic mass is 16.5. The van der Waals surface area contributed by atoms with Crippen LogP contribution in [0.4, 0.5) is 0 Å². The molecule has 0 saturated heterocycles. The molecule has 0 bridgehead atoms. The van der Waals surface area contributed by atoms with Crippen molar-refractivity contribution < 1.29 is 18.7 Å². The number of methoxy groups -OCH3 is 1. The molecule has 1 atom stereocenters. The number of hydrogen-bond donors (Lipinski definition) is 1. The number of rotatable bonds is 2. The van der Waals surface area contributed by atoms with Gasteiger partial charge in [0.15, 0.2) is 5.43 Å². The number of H-pyrrole nitrogens is 1. The van der Waals surface area contributed by atoms with Gasteiger partial charge in [0.1, 0.15) is 17.1 Å². The lowest BCUT2D eigenvalue weighted by Crippen LogP contribution is -2.30. The number of nitrogens with one attached hydrogen (secondary N) is 1. The highest BCUT2D eigenvalue weighted by Crippen LogP contribution is 2.36. The lowest BCUT2D eigenvalue weighted by Gasteiger charge is -2.23. The fraction of sp³-hybridized carbons (Fsp3) is 0.211. The molecule has 0 aliphatic carbocycles. The molecule has 4 rings (SSSR count). The van der Waals surface area contributed by atoms with Gasteiger partial charge in [0.05, 0.1) is 30.7 Å². The third-order valence-corrected chi connectivity index (χ3v) is 4.49. The molecule has 1 N–H and O–H groups in total. The Kier molecular flexibility index (Phi) is 3.64. The van der Waals surface area contributed by atoms with Gasteiger partial charge in [-0.15, -0.1) is 0 Å². The first kappa shape index (κ1) is 16.1. The third-order valence-electron chi connectivity index (χ3n) is 4.49. The Balaban J connectivity index is 1.97. The summed E-state index contributed by atoms with van der Waals surface area (Å²) in [5, 5.41) is 0.325. The van der Waals surface area contributed by atoms with E-state index in [9.17, 15) is 14.4 Å². The average molecular weight is 353 g/mol. The molecule has 7 heteroatoms. The summed E-state index contributed by atoms with van der Waals surface area (Å²) in [6, 6.07) is 6.48. The number of aromatic nitrogens is 1. The van der Waals surface area contributed by atoms with E-state index in [0.717, 1.165) is 0 Å². The summed E-state index contributed by atoms with van der Waals surface area (Å²) in [4.78, 5) is 40.2. The minimum absolute atomic E-state index is 0.112. The zero-order valence-electron chi connectivity index (χ0n) is 14.1. The second-order valence-electron chi connectivity index (χ2n) is 6.17. The Labute approximate surface area is 147 Å². The van der Waals surface area contributed by atoms with E-state index in [-0.39, 0.29) is 34.3 Å². The van der Waals surface area contributed by atoms with Gasteiger partial charge in [0.25, 0.3) is 5.56 Å². The van der Waals surface area contributed by atoms with Crippen LogP contribution in [0.5, 0.6) is 11.5 Å². The molecule has 0 amide bonds. The van der Waals surface area contributed by atoms with Crippen molar-refractivity contribution in [3.63, 3.8) is 0 Å². The summed E-state index contributed by atoms with van der Waals surface area (Å²) >= 11 is 0. The van der Waals surface area contributed by atoms with Crippen LogP contribution in [0.2, 0.25) is 0 Å². The molecule has 7 nitrogen and oxygen atoms in total. The van der Waals surface area contributed by atoms with Gasteiger partial charge >= 0.3 is 5.97 Å². The SMILES string of the molecule is COc1ccc2occ([C@@H]3CC(=O)Oc4cc(C)[nH]c(=O)c43)c(=O)c2c1. The normalized spacial score (nSPS) is 16.2. The van der Waals surface area contributed by atoms with Crippen LogP contribution in [-0.2, 0) is 4.79 Å². The summed E-state index contributed by atoms with van der Waals surface area (Å²) in [6.45, 7) is 1.69. The van der Waals surface area contributed by atoms with Crippen molar-refractivity contribution in [2.24, 2.45) is 0 Å². The van der Waals surface area contributed by atoms with Crippen LogP contribution in [0.1, 0.15) is 29.2 Å². The average Bonchev–Trinajstić information content (AvgIpc) is 2.60. The molecule has 0 radical (unpaired) electrons. The molecule has 3 heterocycles. The largest absolute Gasteiger partial charge is 0.497 e. The standard InChI is InChI=1S/C19H15NO6/c1-9-5-15-17(19(23)20-9)11(7-16(21)26-15)13-8-25-14-4-3-10(24-2)6-12(14)18(13)22/h3-6,8,11H,7H2,1-2H3,(H,20,23)/t11-/m0/s1. The molecule has 2 aromatic heterocycles. The molecule has 3 aromatic rings. The highest BCUT2D eigenvalue weighted by molar-refractivity contribution is 5.81. The van der Waals surface area contributed by atoms with Crippen LogP contribution >= 0.6 is 0 Å². The molecular formula is C19H15NO6. The van der Waals surface area contributed by atoms with Crippen molar-refractivity contribution in [3.8, 4) is 11.5 Å². The maximum Gasteiger partial charge on any atom is 0.312 e. The number of fused-ring (bicyclic) bond motifs is 2. The molecular weight excluding hydrogens is 338 g/mol. The molecule has 0 unspecified atom stereocenters. The Hall–Kier alpha value is -3.35. The second kappa shape index (κ2) is 5.87. The van der Waals surface area contributed by atoms with E-state index in [1.807, 2.05) is 0 Å². The number of benzene rings is 1. The van der Waals surface area contributed by atoms with E-state index in [1.165, 1.54) is 13.4 Å². The molecule has 1 aliphatic rings. The van der Waals surface area contributed by atoms with Gasteiger partial charge in [0, 0.05) is 23.2 Å². The summed E-state index contributed by atoms with van der Waals surface area (Å²) in [6.07, 6.45) is 1.20. The first-order valence-electron chi connectivity index (χ1n) is 8.02. The fourth-order valence-corrected chi connectivity index (χ4v) is 3.27. The molecule has 132 valence electrons. The van der Waals surface area contributed by atoms with E-state index >= 15 is 0 Å². The molecule has 1 aliphatic heterocycles. The number of carbonyl (C=O) groups excluding carboxylic acids is 1. The highest BCUT2D eigenvalue weighted by Gasteiger charge is 2.33. The van der Waals surface area contributed by atoms with Crippen LogP contribution in [0.3, 0.4) is 0 Å². The molecule has 0 spiro atoms. The van der Waals surface area contributed by atoms with E-state index in [0.29, 0.717) is 22.4 Å². The fourth-order valence-electron chi connectivity index (χ4n) is 3.27. The van der Waals surface area contributed by atoms with Gasteiger partial charge in [-0.25, -0.2) is 0 Å². The lowest BCUT2D eigenvalue weighted by molar-refractivity contribution is -0.135. The van der Waals surface area contributed by atoms with E-state index in [1.54, 1.807) is 31.2 Å². The Morgan fingerprint density at radius 1 is 1.19 bits per heavy atom. The first-order valence-corrected chi connectivity index (χ1v) is 8.02. The van der Waals surface area contributed by atoms with E-state index in [2.05, 4.69) is 4.98 Å². The number of hydrogen-bond acceptors (Lipinski definition) is 6. The Bertz CT molecular complexity index is 1160. The lowest BCUT2D eigenvalue weighted by atomic mass is 9.87. The molecule has 1 aromatic carbocycles. The summed E-state index contributed by atoms with van der Waals surface area (Å²) < 4.78 is 15.9. The third kappa shape index (κ3) is 2.48. The van der Waals surface area contributed by atoms with Crippen molar-refractivity contribution >= 4 is 16.9 Å². The minimum atomic E-state index is -0.734. The van der Waals surface area contributed by atoms with E-state index < -0.39 is 11.9 Å². The van der Waals surface area contributed by atoms with Crippen molar-refractivity contribution in [1.82, 2.24) is 4.98 Å². The van der Waals surface area contributed by atoms with Crippen molar-refractivity contribution in [2.45, 2.75) is 19.3 Å². The quantitative estimate of drug-likeness (QED) is 0.710. The van der Waals surface area contributed by atoms with Crippen LogP contribution < -0.4 is 20.5 Å². The van der Waals surface area contributed by atoms with Crippen molar-refractivity contribution in [1.29, 1.82) is 0 Å². The van der Waals surface area contributed by atoms with E-state index in [4.69, 9.17) is 13.9 Å². The predicted octanol–water partition coefficient (Wildman–Crippen LogP) is 2.24. The van der Waals surface area contributed by atoms with Crippen LogP contribution in [0.25, 0.3) is 11.0 Å². The predicted molar refractivity (Wildman–Crippen MR) is 92.9 cm³/mol. The summed E-state index contributed by atoms with van der Waals surface area (Å²) in [7, 11) is 1.50. The first-order chi connectivity index (χ1) is 12.5. The van der Waals surface area contributed by atoms with Crippen molar-refractivity contribution in [2.75, 3.05) is 7.11 Å². The minimum Gasteiger partial charge on any atom is -0.497 e. The topological polar surface area (TPSA) is 98.6 Å². The number of aromatic amines is 1. The number of pyridine rings is 1. The van der Waals surface area contributed by atoms with Crippen molar-refractivity contribution in [3.05, 3.63) is 67.9 Å². The van der Waals surface area contributed by atoms with Crippen LogP contribution in [0, 0.1) is 6.92 Å². The summed E-state index contributed by atoms with van der Waals surface area (Å²) in [5.74, 6) is -0.545. The molecule has 0 fully saturated rings. The Morgan fingerprint density at radius 2 is 2.00 bits per heavy atom. The zero-order chi connectivity index (χ0) is 18.4. The van der Waals surface area contributed by atoms with Gasteiger partial charge in [-0.3, -0.25) is 14.4 Å². The maximum atomic E-state index is 13.0. The number of esters is 1. The zero-order valence-corrected chi connectivity index (χ0v) is 14.1. The second-order valence-corrected chi connectivity index (χ2v) is 6.17. The summed E-state index contributed by atoms with van der Waals surface area (Å²) in [5.41, 5.74) is 0.759. The van der Waals surface area contributed by atoms with Gasteiger partial charge in [-0.2, -0.15) is 0 Å². The number of ether oxygens (including phenoxy) is 2. The van der Waals surface area contributed by atoms with Crippen LogP contribution in [0.15, 0.2) is 44.5 Å². The number of aryl methyl sites for hydroxylation is 1. The Morgan fingerprint density at radius 3 is 2.77 bits per heavy atom. The number of carbonyl (C=O) groups is 1.